The zero-order valence-electron chi connectivity index (χ0n) is 12.2. The fourth-order valence-corrected chi connectivity index (χ4v) is 2.93. The quantitative estimate of drug-likeness (QED) is 0.379. The second-order valence-electron chi connectivity index (χ2n) is 4.66. The van der Waals surface area contributed by atoms with E-state index in [1.807, 2.05) is 0 Å². The third kappa shape index (κ3) is 3.28. The van der Waals surface area contributed by atoms with Gasteiger partial charge in [0.05, 0.1) is 4.90 Å². The Morgan fingerprint density at radius 2 is 1.96 bits per heavy atom. The summed E-state index contributed by atoms with van der Waals surface area (Å²) in [5, 5.41) is 25.7. The SMILES string of the molecule is O=C(C=C(O)c1nn[nH]n1)c1ccn(S(=O)(=O)c2ccc(F)cc2)n1. The minimum Gasteiger partial charge on any atom is -0.504 e. The highest BCUT2D eigenvalue weighted by molar-refractivity contribution is 7.89. The maximum absolute atomic E-state index is 12.9. The number of ketones is 1. The number of halogens is 1. The predicted molar refractivity (Wildman–Crippen MR) is 80.3 cm³/mol. The number of carbonyl (C=O) groups excluding carboxylic acids is 1. The summed E-state index contributed by atoms with van der Waals surface area (Å²) < 4.78 is 38.2. The lowest BCUT2D eigenvalue weighted by atomic mass is 10.2. The molecule has 0 aliphatic heterocycles. The van der Waals surface area contributed by atoms with Crippen LogP contribution in [0.15, 0.2) is 47.5 Å². The summed E-state index contributed by atoms with van der Waals surface area (Å²) >= 11 is 0. The third-order valence-electron chi connectivity index (χ3n) is 3.02. The monoisotopic (exact) mass is 364 g/mol. The largest absolute Gasteiger partial charge is 0.504 e. The van der Waals surface area contributed by atoms with Crippen LogP contribution in [0.2, 0.25) is 0 Å². The van der Waals surface area contributed by atoms with Crippen LogP contribution in [0.5, 0.6) is 0 Å². The fourth-order valence-electron chi connectivity index (χ4n) is 1.82. The van der Waals surface area contributed by atoms with E-state index in [0.29, 0.717) is 4.09 Å². The van der Waals surface area contributed by atoms with Gasteiger partial charge in [0.15, 0.2) is 5.76 Å². The van der Waals surface area contributed by atoms with Crippen molar-refractivity contribution in [3.63, 3.8) is 0 Å². The topological polar surface area (TPSA) is 144 Å². The van der Waals surface area contributed by atoms with E-state index < -0.39 is 27.4 Å². The molecule has 0 saturated carbocycles. The van der Waals surface area contributed by atoms with Gasteiger partial charge in [-0.15, -0.1) is 10.2 Å². The molecule has 128 valence electrons. The van der Waals surface area contributed by atoms with E-state index in [9.17, 15) is 22.7 Å². The van der Waals surface area contributed by atoms with Gasteiger partial charge in [-0.05, 0) is 35.5 Å². The van der Waals surface area contributed by atoms with E-state index >= 15 is 0 Å². The normalized spacial score (nSPS) is 12.3. The third-order valence-corrected chi connectivity index (χ3v) is 4.58. The van der Waals surface area contributed by atoms with Crippen LogP contribution in [0.1, 0.15) is 16.3 Å². The molecule has 3 aromatic rings. The summed E-state index contributed by atoms with van der Waals surface area (Å²) in [6.45, 7) is 0. The van der Waals surface area contributed by atoms with Gasteiger partial charge in [0.2, 0.25) is 11.6 Å². The highest BCUT2D eigenvalue weighted by Gasteiger charge is 2.20. The molecular weight excluding hydrogens is 355 g/mol. The molecular formula is C13H9FN6O4S. The Morgan fingerprint density at radius 1 is 1.24 bits per heavy atom. The molecule has 0 unspecified atom stereocenters. The highest BCUT2D eigenvalue weighted by Crippen LogP contribution is 2.14. The first-order valence-electron chi connectivity index (χ1n) is 6.63. The molecule has 0 aliphatic carbocycles. The molecule has 3 rings (SSSR count). The van der Waals surface area contributed by atoms with Gasteiger partial charge in [-0.2, -0.15) is 22.8 Å². The number of aliphatic hydroxyl groups excluding tert-OH is 1. The first-order valence-corrected chi connectivity index (χ1v) is 8.07. The van der Waals surface area contributed by atoms with Gasteiger partial charge in [-0.1, -0.05) is 0 Å². The van der Waals surface area contributed by atoms with Crippen LogP contribution in [0.25, 0.3) is 5.76 Å². The van der Waals surface area contributed by atoms with Crippen molar-refractivity contribution >= 4 is 21.6 Å². The number of allylic oxidation sites excluding steroid dienone is 1. The number of nitrogens with one attached hydrogen (secondary N) is 1. The number of hydrogen-bond acceptors (Lipinski definition) is 8. The molecule has 0 saturated heterocycles. The van der Waals surface area contributed by atoms with E-state index in [-0.39, 0.29) is 16.4 Å². The molecule has 0 atom stereocenters. The van der Waals surface area contributed by atoms with E-state index in [1.165, 1.54) is 0 Å². The molecule has 12 heteroatoms. The molecule has 25 heavy (non-hydrogen) atoms. The van der Waals surface area contributed by atoms with Crippen LogP contribution in [0.4, 0.5) is 4.39 Å². The van der Waals surface area contributed by atoms with Crippen molar-refractivity contribution in [2.45, 2.75) is 4.90 Å². The van der Waals surface area contributed by atoms with Gasteiger partial charge >= 0.3 is 0 Å². The zero-order valence-corrected chi connectivity index (χ0v) is 13.1. The van der Waals surface area contributed by atoms with E-state index in [2.05, 4.69) is 25.7 Å². The van der Waals surface area contributed by atoms with Crippen molar-refractivity contribution in [3.05, 3.63) is 59.9 Å². The average molecular weight is 364 g/mol. The van der Waals surface area contributed by atoms with Gasteiger partial charge in [-0.3, -0.25) is 4.79 Å². The number of benzene rings is 1. The fraction of sp³-hybridized carbons (Fsp3) is 0. The minimum atomic E-state index is -4.08. The smallest absolute Gasteiger partial charge is 0.282 e. The lowest BCUT2D eigenvalue weighted by Crippen LogP contribution is -2.14. The van der Waals surface area contributed by atoms with E-state index in [0.717, 1.165) is 42.6 Å². The summed E-state index contributed by atoms with van der Waals surface area (Å²) in [5.41, 5.74) is -0.235. The molecule has 2 heterocycles. The second kappa shape index (κ2) is 6.24. The van der Waals surface area contributed by atoms with Crippen LogP contribution in [-0.2, 0) is 10.0 Å². The van der Waals surface area contributed by atoms with Gasteiger partial charge in [0.1, 0.15) is 11.5 Å². The molecule has 10 nitrogen and oxygen atoms in total. The predicted octanol–water partition coefficient (Wildman–Crippen LogP) is 0.554. The number of hydrogen-bond donors (Lipinski definition) is 2. The average Bonchev–Trinajstić information content (AvgIpc) is 3.27. The number of rotatable bonds is 5. The summed E-state index contributed by atoms with van der Waals surface area (Å²) in [4.78, 5) is 11.8. The van der Waals surface area contributed by atoms with Gasteiger partial charge in [-0.25, -0.2) is 4.39 Å². The van der Waals surface area contributed by atoms with Crippen LogP contribution < -0.4 is 0 Å². The number of aromatic amines is 1. The van der Waals surface area contributed by atoms with Crippen LogP contribution in [0, 0.1) is 5.82 Å². The molecule has 0 amide bonds. The molecule has 0 radical (unpaired) electrons. The Kier molecular flexibility index (Phi) is 4.10. The number of nitrogens with zero attached hydrogens (tertiary/aromatic N) is 5. The maximum Gasteiger partial charge on any atom is 0.282 e. The summed E-state index contributed by atoms with van der Waals surface area (Å²) in [6.07, 6.45) is 1.84. The molecule has 1 aromatic carbocycles. The Balaban J connectivity index is 1.88. The van der Waals surface area contributed by atoms with E-state index in [4.69, 9.17) is 0 Å². The Morgan fingerprint density at radius 3 is 2.60 bits per heavy atom. The van der Waals surface area contributed by atoms with Crippen LogP contribution >= 0.6 is 0 Å². The van der Waals surface area contributed by atoms with Crippen molar-refractivity contribution in [1.29, 1.82) is 0 Å². The van der Waals surface area contributed by atoms with Gasteiger partial charge in [0, 0.05) is 12.3 Å². The first-order chi connectivity index (χ1) is 11.9. The first kappa shape index (κ1) is 16.4. The molecule has 0 fully saturated rings. The number of carbonyl (C=O) groups is 1. The van der Waals surface area contributed by atoms with Crippen molar-refractivity contribution in [2.24, 2.45) is 0 Å². The molecule has 0 bridgehead atoms. The molecule has 0 spiro atoms. The standard InChI is InChI=1S/C13H9FN6O4S/c14-8-1-3-9(4-2-8)25(23,24)20-6-5-10(17-20)11(21)7-12(22)13-15-18-19-16-13/h1-7,22H,(H,15,16,18,19). The van der Waals surface area contributed by atoms with Crippen molar-refractivity contribution in [2.75, 3.05) is 0 Å². The van der Waals surface area contributed by atoms with Crippen LogP contribution in [0.3, 0.4) is 0 Å². The summed E-state index contributed by atoms with van der Waals surface area (Å²) in [6, 6.07) is 5.30. The Labute approximate surface area is 139 Å². The Hall–Kier alpha value is -3.41. The van der Waals surface area contributed by atoms with Crippen molar-refractivity contribution < 1.29 is 22.7 Å². The number of aromatic nitrogens is 6. The summed E-state index contributed by atoms with van der Waals surface area (Å²) in [7, 11) is -4.08. The summed E-state index contributed by atoms with van der Waals surface area (Å²) in [5.74, 6) is -2.12. The van der Waals surface area contributed by atoms with Gasteiger partial charge < -0.3 is 5.11 Å². The molecule has 0 aliphatic rings. The lowest BCUT2D eigenvalue weighted by Gasteiger charge is -2.03. The minimum absolute atomic E-state index is 0.193. The molecule has 2 aromatic heterocycles. The highest BCUT2D eigenvalue weighted by atomic mass is 32.2. The zero-order chi connectivity index (χ0) is 18.0. The number of aliphatic hydroxyl groups is 1. The second-order valence-corrected chi connectivity index (χ2v) is 6.46. The maximum atomic E-state index is 12.9. The Bertz CT molecular complexity index is 1040. The van der Waals surface area contributed by atoms with Crippen molar-refractivity contribution in [3.8, 4) is 0 Å². The van der Waals surface area contributed by atoms with Crippen LogP contribution in [-0.4, -0.2) is 49.1 Å². The van der Waals surface area contributed by atoms with Gasteiger partial charge in [0.25, 0.3) is 10.0 Å². The molecule has 2 N–H and O–H groups in total. The van der Waals surface area contributed by atoms with E-state index in [1.54, 1.807) is 0 Å². The van der Waals surface area contributed by atoms with Crippen molar-refractivity contribution in [1.82, 2.24) is 29.8 Å². The number of H-pyrrole nitrogens is 1. The number of tetrazole rings is 1. The lowest BCUT2D eigenvalue weighted by molar-refractivity contribution is 0.104.